The molecular weight excluding hydrogens is 955 g/mol. The van der Waals surface area contributed by atoms with Crippen molar-refractivity contribution in [1.29, 1.82) is 0 Å². The van der Waals surface area contributed by atoms with Crippen LogP contribution in [0.15, 0.2) is 78.9 Å². The number of carbonyl (C=O) groups excluding carboxylic acids is 9. The molecule has 1 saturated heterocycles. The van der Waals surface area contributed by atoms with Crippen LogP contribution in [0.2, 0.25) is 0 Å². The number of hydrogen-bond acceptors (Lipinski definition) is 13. The molecule has 3 heterocycles. The molecule has 1 saturated carbocycles. The number of rotatable bonds is 23. The molecule has 2 unspecified atom stereocenters. The molecule has 2 aliphatic heterocycles. The zero-order chi connectivity index (χ0) is 53.7. The zero-order valence-corrected chi connectivity index (χ0v) is 42.2. The molecule has 3 aliphatic rings. The van der Waals surface area contributed by atoms with Gasteiger partial charge >= 0.3 is 11.9 Å². The molecule has 74 heavy (non-hydrogen) atoms. The summed E-state index contributed by atoms with van der Waals surface area (Å²) in [5.74, 6) is -7.71. The molecule has 396 valence electrons. The fourth-order valence-electron chi connectivity index (χ4n) is 9.77. The molecule has 6 rings (SSSR count). The van der Waals surface area contributed by atoms with E-state index >= 15 is 0 Å². The van der Waals surface area contributed by atoms with Crippen LogP contribution in [0.4, 0.5) is 0 Å². The molecule has 2 aromatic carbocycles. The van der Waals surface area contributed by atoms with Crippen molar-refractivity contribution in [1.82, 2.24) is 41.4 Å². The molecule has 3 aromatic rings. The molecule has 21 heteroatoms. The van der Waals surface area contributed by atoms with Gasteiger partial charge in [-0.05, 0) is 89.5 Å². The Balaban J connectivity index is 1.32. The number of carbonyl (C=O) groups is 10. The molecule has 21 nitrogen and oxygen atoms in total. The van der Waals surface area contributed by atoms with Crippen molar-refractivity contribution in [3.63, 3.8) is 0 Å². The van der Waals surface area contributed by atoms with Gasteiger partial charge in [-0.3, -0.25) is 57.7 Å². The van der Waals surface area contributed by atoms with E-state index in [9.17, 15) is 53.1 Å². The number of para-hydroxylation sites is 1. The van der Waals surface area contributed by atoms with Gasteiger partial charge in [-0.15, -0.1) is 0 Å². The van der Waals surface area contributed by atoms with E-state index in [4.69, 9.17) is 10.5 Å². The number of nitrogens with zero attached hydrogens (tertiary/aromatic N) is 3. The quantitative estimate of drug-likeness (QED) is 0.0527. The molecule has 8 amide bonds. The van der Waals surface area contributed by atoms with Crippen LogP contribution in [0, 0.1) is 11.8 Å². The maximum absolute atomic E-state index is 14.6. The normalized spacial score (nSPS) is 19.7. The van der Waals surface area contributed by atoms with E-state index < -0.39 is 121 Å². The summed E-state index contributed by atoms with van der Waals surface area (Å²) in [6.45, 7) is 6.90. The second-order valence-corrected chi connectivity index (χ2v) is 20.2. The zero-order valence-electron chi connectivity index (χ0n) is 42.2. The fourth-order valence-corrected chi connectivity index (χ4v) is 9.77. The SMILES string of the molecule is C[C@H](NC(=O)[C@@H](CCC(=O)O[C@@H](CN1CCC2CCCCC2[C@@H]1C(=O)NC(C)(C)C)[C@@H](Cc1ccccc1)NC(=O)[C@H](CC(N)=O)NC(=O)c1ccc2ccccc2n1)NC(=O)CCN1C(=O)C=CC1=O)C(=O)O. The Labute approximate surface area is 429 Å². The number of hydrogen-bond donors (Lipinski definition) is 7. The van der Waals surface area contributed by atoms with Crippen molar-refractivity contribution < 1.29 is 57.8 Å². The van der Waals surface area contributed by atoms with Crippen molar-refractivity contribution in [3.8, 4) is 0 Å². The average Bonchev–Trinajstić information content (AvgIpc) is 3.68. The summed E-state index contributed by atoms with van der Waals surface area (Å²) in [6.07, 6.45) is 3.37. The van der Waals surface area contributed by atoms with Crippen LogP contribution in [0.25, 0.3) is 10.9 Å². The maximum Gasteiger partial charge on any atom is 0.325 e. The van der Waals surface area contributed by atoms with E-state index in [1.54, 1.807) is 48.5 Å². The Morgan fingerprint density at radius 3 is 2.18 bits per heavy atom. The van der Waals surface area contributed by atoms with Crippen molar-refractivity contribution in [2.45, 2.75) is 134 Å². The van der Waals surface area contributed by atoms with E-state index in [2.05, 4.69) is 31.6 Å². The summed E-state index contributed by atoms with van der Waals surface area (Å²) in [5, 5.41) is 23.8. The first kappa shape index (κ1) is 55.8. The van der Waals surface area contributed by atoms with Gasteiger partial charge < -0.3 is 42.2 Å². The fraction of sp³-hybridized carbons (Fsp3) is 0.491. The Kier molecular flexibility index (Phi) is 19.1. The number of pyridine rings is 1. The van der Waals surface area contributed by atoms with Crippen LogP contribution in [0.1, 0.15) is 102 Å². The number of nitrogens with one attached hydrogen (secondary N) is 5. The predicted molar refractivity (Wildman–Crippen MR) is 269 cm³/mol. The highest BCUT2D eigenvalue weighted by atomic mass is 16.5. The summed E-state index contributed by atoms with van der Waals surface area (Å²) in [5.41, 5.74) is 6.25. The lowest BCUT2D eigenvalue weighted by molar-refractivity contribution is -0.155. The van der Waals surface area contributed by atoms with Crippen molar-refractivity contribution in [2.75, 3.05) is 19.6 Å². The minimum Gasteiger partial charge on any atom is -0.480 e. The van der Waals surface area contributed by atoms with Crippen LogP contribution >= 0.6 is 0 Å². The van der Waals surface area contributed by atoms with E-state index in [1.165, 1.54) is 13.0 Å². The lowest BCUT2D eigenvalue weighted by atomic mass is 9.70. The lowest BCUT2D eigenvalue weighted by Crippen LogP contribution is -2.63. The van der Waals surface area contributed by atoms with Gasteiger partial charge in [-0.25, -0.2) is 4.98 Å². The summed E-state index contributed by atoms with van der Waals surface area (Å²) in [7, 11) is 0. The number of amides is 8. The first-order valence-corrected chi connectivity index (χ1v) is 25.1. The number of aromatic nitrogens is 1. The van der Waals surface area contributed by atoms with Crippen molar-refractivity contribution in [3.05, 3.63) is 90.1 Å². The number of carboxylic acids is 1. The molecule has 8 atom stereocenters. The number of carboxylic acid groups (broad SMARTS) is 1. The van der Waals surface area contributed by atoms with E-state index in [0.29, 0.717) is 17.6 Å². The Morgan fingerprint density at radius 2 is 1.49 bits per heavy atom. The highest BCUT2D eigenvalue weighted by Crippen LogP contribution is 2.40. The minimum absolute atomic E-state index is 0.0287. The third kappa shape index (κ3) is 15.7. The van der Waals surface area contributed by atoms with E-state index in [0.717, 1.165) is 54.5 Å². The van der Waals surface area contributed by atoms with Gasteiger partial charge in [0.25, 0.3) is 17.7 Å². The number of ether oxygens (including phenoxy) is 1. The molecule has 8 N–H and O–H groups in total. The number of fused-ring (bicyclic) bond motifs is 2. The van der Waals surface area contributed by atoms with Crippen LogP contribution < -0.4 is 32.3 Å². The number of imide groups is 1. The Hall–Kier alpha value is -7.55. The second-order valence-electron chi connectivity index (χ2n) is 20.2. The first-order valence-electron chi connectivity index (χ1n) is 25.1. The predicted octanol–water partition coefficient (Wildman–Crippen LogP) is 1.81. The topological polar surface area (TPSA) is 306 Å². The maximum atomic E-state index is 14.6. The minimum atomic E-state index is -1.53. The Morgan fingerprint density at radius 1 is 0.811 bits per heavy atom. The van der Waals surface area contributed by atoms with Crippen LogP contribution in [-0.2, 0) is 54.3 Å². The third-order valence-electron chi connectivity index (χ3n) is 13.4. The summed E-state index contributed by atoms with van der Waals surface area (Å²) in [6, 6.07) is 13.1. The summed E-state index contributed by atoms with van der Waals surface area (Å²) < 4.78 is 6.36. The van der Waals surface area contributed by atoms with Gasteiger partial charge in [0.1, 0.15) is 29.9 Å². The number of benzene rings is 2. The number of piperidine rings is 1. The molecule has 1 aliphatic carbocycles. The van der Waals surface area contributed by atoms with Gasteiger partial charge in [0, 0.05) is 49.0 Å². The lowest BCUT2D eigenvalue weighted by Gasteiger charge is -2.48. The summed E-state index contributed by atoms with van der Waals surface area (Å²) in [4.78, 5) is 140. The highest BCUT2D eigenvalue weighted by molar-refractivity contribution is 6.13. The van der Waals surface area contributed by atoms with Gasteiger partial charge in [0.05, 0.1) is 24.0 Å². The van der Waals surface area contributed by atoms with Gasteiger partial charge in [0.15, 0.2) is 0 Å². The van der Waals surface area contributed by atoms with Gasteiger partial charge in [-0.1, -0.05) is 73.9 Å². The number of likely N-dealkylation sites (tertiary alicyclic amines) is 1. The third-order valence-corrected chi connectivity index (χ3v) is 13.4. The number of nitrogens with two attached hydrogens (primary N) is 1. The monoisotopic (exact) mass is 1020 g/mol. The van der Waals surface area contributed by atoms with Gasteiger partial charge in [0.2, 0.25) is 29.5 Å². The van der Waals surface area contributed by atoms with Crippen molar-refractivity contribution >= 4 is 70.1 Å². The first-order chi connectivity index (χ1) is 35.1. The Bertz CT molecular complexity index is 2600. The van der Waals surface area contributed by atoms with E-state index in [-0.39, 0.29) is 42.9 Å². The number of primary amides is 1. The average molecular weight is 1020 g/mol. The highest BCUT2D eigenvalue weighted by Gasteiger charge is 2.45. The van der Waals surface area contributed by atoms with Crippen LogP contribution in [0.5, 0.6) is 0 Å². The van der Waals surface area contributed by atoms with Crippen molar-refractivity contribution in [2.24, 2.45) is 17.6 Å². The van der Waals surface area contributed by atoms with Crippen LogP contribution in [0.3, 0.4) is 0 Å². The van der Waals surface area contributed by atoms with Crippen LogP contribution in [-0.4, -0.2) is 141 Å². The van der Waals surface area contributed by atoms with E-state index in [1.807, 2.05) is 37.8 Å². The molecule has 0 radical (unpaired) electrons. The molecule has 0 spiro atoms. The smallest absolute Gasteiger partial charge is 0.325 e. The standard InChI is InChI=1S/C53H67N9O12/c1-31(52(72)73)55-48(68)38(57-43(64)25-27-62-44(65)21-22-45(62)66)20-23-46(67)74-41(30-61-26-24-33-14-8-10-16-35(33)47(61)51(71)60-53(2,3)4)39(28-32-12-6-5-7-13-32)58-50(70)40(29-42(54)63)59-49(69)37-19-18-34-15-9-11-17-36(34)56-37/h5-7,9,11-13,15,17-19,21-22,31,33,35,38-41,47H,8,10,14,16,20,23-30H2,1-4H3,(H2,54,63)(H,55,68)(H,57,64)(H,58,70)(H,59,69)(H,60,71)(H,72,73)/t31-,33?,35?,38+,39+,40-,41-,47+/m0/s1. The molecule has 2 fully saturated rings. The number of aliphatic carboxylic acids is 1. The number of esters is 1. The molecular formula is C53H67N9O12. The largest absolute Gasteiger partial charge is 0.480 e. The molecule has 0 bridgehead atoms. The summed E-state index contributed by atoms with van der Waals surface area (Å²) >= 11 is 0. The second kappa shape index (κ2) is 25.4. The molecule has 1 aromatic heterocycles. The van der Waals surface area contributed by atoms with Gasteiger partial charge in [-0.2, -0.15) is 0 Å².